The molecule has 9 aromatic carbocycles. The van der Waals surface area contributed by atoms with Crippen LogP contribution in [0.3, 0.4) is 0 Å². The van der Waals surface area contributed by atoms with Crippen molar-refractivity contribution in [2.24, 2.45) is 0 Å². The molecule has 0 spiro atoms. The van der Waals surface area contributed by atoms with Crippen LogP contribution >= 0.6 is 81.2 Å². The minimum Gasteiger partial charge on any atom is -0.506 e. The lowest BCUT2D eigenvalue weighted by molar-refractivity contribution is 0.471. The topological polar surface area (TPSA) is 470 Å². The van der Waals surface area contributed by atoms with Crippen LogP contribution in [0.4, 0.5) is 43.7 Å². The lowest BCUT2D eigenvalue weighted by Crippen LogP contribution is -2.00. The van der Waals surface area contributed by atoms with Crippen LogP contribution in [0.15, 0.2) is 281 Å². The van der Waals surface area contributed by atoms with Crippen LogP contribution in [0.25, 0.3) is 135 Å². The Morgan fingerprint density at radius 2 is 0.634 bits per heavy atom. The van der Waals surface area contributed by atoms with E-state index in [-0.39, 0.29) is 98.4 Å². The molecule has 654 valence electrons. The van der Waals surface area contributed by atoms with Gasteiger partial charge < -0.3 is 64.6 Å². The summed E-state index contributed by atoms with van der Waals surface area (Å²) in [6.07, 6.45) is 18.0. The van der Waals surface area contributed by atoms with E-state index in [2.05, 4.69) is 85.1 Å². The van der Waals surface area contributed by atoms with Gasteiger partial charge in [0.1, 0.15) is 98.1 Å². The van der Waals surface area contributed by atoms with Gasteiger partial charge >= 0.3 is 0 Å². The summed E-state index contributed by atoms with van der Waals surface area (Å²) in [5, 5.41) is 62.1. The maximum atomic E-state index is 14.2. The summed E-state index contributed by atoms with van der Waals surface area (Å²) < 4.78 is 27.7. The van der Waals surface area contributed by atoms with Crippen molar-refractivity contribution in [3.05, 3.63) is 333 Å². The van der Waals surface area contributed by atoms with Gasteiger partial charge in [0.15, 0.2) is 5.82 Å². The highest BCUT2D eigenvalue weighted by Crippen LogP contribution is 2.42. The molecule has 0 amide bonds. The Labute approximate surface area is 780 Å². The molecule has 131 heavy (non-hydrogen) atoms. The van der Waals surface area contributed by atoms with Crippen LogP contribution in [0.5, 0.6) is 34.5 Å². The number of nitrogens with one attached hydrogen (secondary N) is 1. The third kappa shape index (κ3) is 23.4. The first-order valence-corrected chi connectivity index (χ1v) is 41.2. The van der Waals surface area contributed by atoms with E-state index in [1.165, 1.54) is 85.7 Å². The first kappa shape index (κ1) is 93.0. The van der Waals surface area contributed by atoms with Gasteiger partial charge in [0.05, 0.1) is 125 Å². The predicted molar refractivity (Wildman–Crippen MR) is 510 cm³/mol. The average molecular weight is 1890 g/mol. The zero-order valence-electron chi connectivity index (χ0n) is 68.2. The molecule has 0 saturated heterocycles. The lowest BCUT2D eigenvalue weighted by Gasteiger charge is -2.11. The van der Waals surface area contributed by atoms with Crippen molar-refractivity contribution in [2.75, 3.05) is 41.0 Å². The summed E-state index contributed by atoms with van der Waals surface area (Å²) in [5.74, 6) is 1.43. The lowest BCUT2D eigenvalue weighted by atomic mass is 10.0. The van der Waals surface area contributed by atoms with Crippen molar-refractivity contribution in [3.8, 4) is 170 Å². The molecule has 0 saturated carbocycles. The number of rotatable bonds is 13. The van der Waals surface area contributed by atoms with Gasteiger partial charge in [0.25, 0.3) is 0 Å². The Hall–Kier alpha value is -15.7. The molecular weight excluding hydrogens is 1820 g/mol. The number of pyridine rings is 2. The van der Waals surface area contributed by atoms with E-state index in [0.29, 0.717) is 108 Å². The van der Waals surface area contributed by atoms with Gasteiger partial charge in [-0.1, -0.05) is 142 Å². The van der Waals surface area contributed by atoms with E-state index in [9.17, 15) is 39.4 Å². The van der Waals surface area contributed by atoms with Crippen LogP contribution in [0, 0.1) is 18.6 Å². The summed E-state index contributed by atoms with van der Waals surface area (Å²) in [6.45, 7) is 1.79. The third-order valence-electron chi connectivity index (χ3n) is 18.6. The molecule has 0 radical (unpaired) electrons. The molecule has 28 nitrogen and oxygen atoms in total. The fraction of sp³-hybridized carbons (Fsp3) is 0.0213. The van der Waals surface area contributed by atoms with Crippen molar-refractivity contribution < 1.29 is 39.4 Å². The average Bonchev–Trinajstić information content (AvgIpc) is 0.862. The SMILES string of the molecule is CNc1cnc(-c2ccc(O)c(Cl)c2)c(-c2ccccc2)n1.Cc1cc(-c2ncc(N)nc2-c2ccccc2)cc(Cl)c1O.Nc1cnc(-c2ccc(O)c(Cl)c2)c(-c2ccc(Cl)cc2F)n1.Nc1cnc(-c2ccc(O)c(Cl)c2)c(-c2ccncc2)n1.Nc1cnc(-c2ccc(O)c(Cl)c2)c(-c2cncc(F)c2)n1.Nc1cnc(-c2ccc(O)c(Cl)c2)c(-c2ncccn2)n1. The summed E-state index contributed by atoms with van der Waals surface area (Å²) in [7, 11) is 1.80. The molecular formula is C94H69Cl7F2N22O6. The number of benzene rings is 9. The van der Waals surface area contributed by atoms with Crippen LogP contribution in [0.2, 0.25) is 35.2 Å². The quantitative estimate of drug-likeness (QED) is 0.0510. The van der Waals surface area contributed by atoms with E-state index >= 15 is 0 Å². The molecule has 0 fully saturated rings. The summed E-state index contributed by atoms with van der Waals surface area (Å²) >= 11 is 41.6. The Morgan fingerprint density at radius 1 is 0.282 bits per heavy atom. The molecule has 18 aromatic rings. The van der Waals surface area contributed by atoms with Gasteiger partial charge in [-0.15, -0.1) is 0 Å². The highest BCUT2D eigenvalue weighted by Gasteiger charge is 2.23. The minimum atomic E-state index is -0.538. The van der Waals surface area contributed by atoms with Crippen LogP contribution < -0.4 is 34.0 Å². The maximum Gasteiger partial charge on any atom is 0.180 e. The Morgan fingerprint density at radius 3 is 1.02 bits per heavy atom. The second-order valence-corrected chi connectivity index (χ2v) is 30.6. The highest BCUT2D eigenvalue weighted by atomic mass is 35.5. The number of hydrogen-bond donors (Lipinski definition) is 12. The molecule has 17 N–H and O–H groups in total. The van der Waals surface area contributed by atoms with Crippen molar-refractivity contribution >= 4 is 116 Å². The molecule has 0 aliphatic heterocycles. The number of phenolic OH excluding ortho intramolecular Hbond substituents is 6. The molecule has 0 unspecified atom stereocenters. The largest absolute Gasteiger partial charge is 0.506 e. The Balaban J connectivity index is 0.000000134. The normalized spacial score (nSPS) is 10.6. The van der Waals surface area contributed by atoms with E-state index in [0.717, 1.165) is 45.3 Å². The van der Waals surface area contributed by atoms with Crippen molar-refractivity contribution in [1.29, 1.82) is 0 Å². The van der Waals surface area contributed by atoms with Gasteiger partial charge in [-0.25, -0.2) is 53.6 Å². The number of anilines is 6. The summed E-state index contributed by atoms with van der Waals surface area (Å²) in [6, 6.07) is 57.8. The van der Waals surface area contributed by atoms with E-state index in [4.69, 9.17) is 110 Å². The second kappa shape index (κ2) is 42.8. The molecule has 0 aliphatic carbocycles. The summed E-state index contributed by atoms with van der Waals surface area (Å²) in [5.41, 5.74) is 43.5. The van der Waals surface area contributed by atoms with E-state index in [1.807, 2.05) is 78.9 Å². The van der Waals surface area contributed by atoms with Gasteiger partial charge in [-0.3, -0.25) is 34.9 Å². The summed E-state index contributed by atoms with van der Waals surface area (Å²) in [4.78, 5) is 68.2. The molecule has 0 bridgehead atoms. The highest BCUT2D eigenvalue weighted by molar-refractivity contribution is 6.34. The molecule has 9 heterocycles. The Kier molecular flexibility index (Phi) is 30.3. The molecule has 37 heteroatoms. The zero-order chi connectivity index (χ0) is 93.1. The van der Waals surface area contributed by atoms with Gasteiger partial charge in [0.2, 0.25) is 0 Å². The molecule has 0 atom stereocenters. The van der Waals surface area contributed by atoms with E-state index < -0.39 is 11.6 Å². The van der Waals surface area contributed by atoms with Crippen molar-refractivity contribution in [2.45, 2.75) is 6.92 Å². The van der Waals surface area contributed by atoms with Gasteiger partial charge in [-0.05, 0) is 158 Å². The number of aryl methyl sites for hydroxylation is 1. The van der Waals surface area contributed by atoms with Gasteiger partial charge in [0, 0.05) is 104 Å². The zero-order valence-corrected chi connectivity index (χ0v) is 73.5. The molecule has 0 aliphatic rings. The third-order valence-corrected chi connectivity index (χ3v) is 20.6. The molecule has 9 aromatic heterocycles. The fourth-order valence-electron chi connectivity index (χ4n) is 12.4. The number of nitrogens with two attached hydrogens (primary N) is 5. The number of nitrogen functional groups attached to an aromatic ring is 5. The standard InChI is InChI=1S/2C17H14ClN3O.C16H10Cl2FN3O.C15H10ClFN4O.C15H11ClN4O.C14H10ClN5O/c1-10-7-12(8-13(18)17(10)22)15-16(21-14(19)9-20-15)11-5-3-2-4-6-11;1-19-15-10-20-16(12-7-8-14(22)13(18)9-12)17(21-15)11-5-3-2-4-6-11;17-9-2-3-10(12(19)6-9)16-15(21-7-14(20)22-16)8-1-4-13(23)11(18)5-8;16-11-4-8(1-2-12(11)22)14-15(21-13(18)7-20-14)9-3-10(17)6-19-5-9;16-11-7-10(1-2-12(11)21)14-15(20-13(17)8-19-14)9-3-5-18-6-4-9;15-9-6-8(2-3-10(9)21)12-13(20-11(16)7-19-12)14-17-4-1-5-18-14/h2-9,22H,1H3,(H2,19,21);2-10,22H,1H3,(H,19,21);1-7,23H,(H2,20,22);1-7,22H,(H2,18,21);1-8,21H,(H2,17,20);1-7,21H,(H2,16,20). The number of hydrogen-bond acceptors (Lipinski definition) is 28. The minimum absolute atomic E-state index is 0.00123. The molecule has 18 rings (SSSR count). The number of halogens is 9. The number of aromatic hydroxyl groups is 6. The first-order valence-electron chi connectivity index (χ1n) is 38.5. The van der Waals surface area contributed by atoms with Crippen molar-refractivity contribution in [1.82, 2.24) is 79.7 Å². The first-order chi connectivity index (χ1) is 63.0. The maximum absolute atomic E-state index is 14.2. The van der Waals surface area contributed by atoms with Crippen LogP contribution in [0.1, 0.15) is 5.56 Å². The number of aromatic nitrogens is 16. The van der Waals surface area contributed by atoms with Crippen LogP contribution in [-0.2, 0) is 0 Å². The van der Waals surface area contributed by atoms with Crippen LogP contribution in [-0.4, -0.2) is 117 Å². The smallest absolute Gasteiger partial charge is 0.180 e. The number of phenols is 6. The Bertz CT molecular complexity index is 6960. The number of nitrogens with zero attached hydrogens (tertiary/aromatic N) is 16. The van der Waals surface area contributed by atoms with Gasteiger partial charge in [-0.2, -0.15) is 0 Å². The van der Waals surface area contributed by atoms with E-state index in [1.54, 1.807) is 124 Å². The second-order valence-electron chi connectivity index (χ2n) is 27.7. The van der Waals surface area contributed by atoms with Crippen molar-refractivity contribution in [3.63, 3.8) is 0 Å². The monoisotopic (exact) mass is 1880 g/mol. The fourth-order valence-corrected chi connectivity index (χ4v) is 13.8. The predicted octanol–water partition coefficient (Wildman–Crippen LogP) is 21.8.